The van der Waals surface area contributed by atoms with Crippen molar-refractivity contribution >= 4 is 0 Å². The first-order valence-electron chi connectivity index (χ1n) is 8.95. The maximum Gasteiger partial charge on any atom is 0.143 e. The summed E-state index contributed by atoms with van der Waals surface area (Å²) in [5, 5.41) is 32.7. The minimum atomic E-state index is -1.83. The largest absolute Gasteiger partial charge is 0.393 e. The molecule has 0 bridgehead atoms. The first-order chi connectivity index (χ1) is 10.8. The van der Waals surface area contributed by atoms with Gasteiger partial charge in [-0.2, -0.15) is 0 Å². The minimum Gasteiger partial charge on any atom is -0.393 e. The lowest BCUT2D eigenvalue weighted by atomic mass is 9.54. The molecule has 0 saturated heterocycles. The third-order valence-electron chi connectivity index (χ3n) is 7.16. The van der Waals surface area contributed by atoms with Crippen LogP contribution in [0.15, 0.2) is 23.8 Å². The Hall–Kier alpha value is -0.710. The molecule has 2 saturated carbocycles. The monoisotopic (exact) mass is 322 g/mol. The highest BCUT2D eigenvalue weighted by molar-refractivity contribution is 5.33. The molecule has 7 atom stereocenters. The maximum atomic E-state index is 15.1. The summed E-state index contributed by atoms with van der Waals surface area (Å²) in [5.41, 5.74) is -2.70. The lowest BCUT2D eigenvalue weighted by Crippen LogP contribution is -2.68. The molecule has 23 heavy (non-hydrogen) atoms. The van der Waals surface area contributed by atoms with Gasteiger partial charge in [-0.15, -0.1) is 0 Å². The van der Waals surface area contributed by atoms with Crippen LogP contribution in [0.1, 0.15) is 51.9 Å². The normalized spacial score (nSPS) is 55.4. The van der Waals surface area contributed by atoms with E-state index in [0.29, 0.717) is 19.3 Å². The predicted molar refractivity (Wildman–Crippen MR) is 85.4 cm³/mol. The molecule has 0 spiro atoms. The molecule has 0 aliphatic heterocycles. The van der Waals surface area contributed by atoms with Gasteiger partial charge in [0.15, 0.2) is 0 Å². The zero-order chi connectivity index (χ0) is 16.5. The number of fused-ring (bicyclic) bond motifs is 4. The average Bonchev–Trinajstić information content (AvgIpc) is 2.82. The topological polar surface area (TPSA) is 60.7 Å². The molecule has 4 heteroatoms. The summed E-state index contributed by atoms with van der Waals surface area (Å²) >= 11 is 0. The summed E-state index contributed by atoms with van der Waals surface area (Å²) in [6, 6.07) is 0. The Kier molecular flexibility index (Phi) is 3.37. The highest BCUT2D eigenvalue weighted by atomic mass is 19.1. The number of halogens is 1. The van der Waals surface area contributed by atoms with Gasteiger partial charge in [-0.25, -0.2) is 4.39 Å². The van der Waals surface area contributed by atoms with Crippen LogP contribution in [0, 0.1) is 17.3 Å². The number of alkyl halides is 1. The Morgan fingerprint density at radius 3 is 2.78 bits per heavy atom. The SMILES string of the molecule is CC12C=CCC1[C@@]1(O)CCC3CCC(O)CC3=CC1(O)C(F)C2. The molecule has 3 nitrogen and oxygen atoms in total. The highest BCUT2D eigenvalue weighted by Gasteiger charge is 2.67. The average molecular weight is 322 g/mol. The number of aliphatic hydroxyl groups excluding tert-OH is 1. The van der Waals surface area contributed by atoms with E-state index in [4.69, 9.17) is 0 Å². The van der Waals surface area contributed by atoms with E-state index in [1.54, 1.807) is 6.08 Å². The predicted octanol–water partition coefficient (Wildman–Crippen LogP) is 2.65. The highest BCUT2D eigenvalue weighted by Crippen LogP contribution is 2.60. The Labute approximate surface area is 136 Å². The molecule has 6 unspecified atom stereocenters. The number of allylic oxidation sites excluding steroid dienone is 2. The van der Waals surface area contributed by atoms with Crippen LogP contribution < -0.4 is 0 Å². The number of rotatable bonds is 0. The van der Waals surface area contributed by atoms with Crippen LogP contribution in [0.4, 0.5) is 4.39 Å². The third-order valence-corrected chi connectivity index (χ3v) is 7.16. The summed E-state index contributed by atoms with van der Waals surface area (Å²) in [7, 11) is 0. The second-order valence-corrected chi connectivity index (χ2v) is 8.51. The van der Waals surface area contributed by atoms with Crippen molar-refractivity contribution in [1.29, 1.82) is 0 Å². The van der Waals surface area contributed by atoms with Crippen LogP contribution in [-0.2, 0) is 0 Å². The summed E-state index contributed by atoms with van der Waals surface area (Å²) in [4.78, 5) is 0. The summed E-state index contributed by atoms with van der Waals surface area (Å²) in [6.07, 6.45) is 7.98. The molecule has 0 aromatic rings. The maximum absolute atomic E-state index is 15.1. The quantitative estimate of drug-likeness (QED) is 0.601. The molecule has 0 amide bonds. The molecule has 4 rings (SSSR count). The summed E-state index contributed by atoms with van der Waals surface area (Å²) in [6.45, 7) is 2.00. The van der Waals surface area contributed by atoms with Gasteiger partial charge >= 0.3 is 0 Å². The van der Waals surface area contributed by atoms with Crippen molar-refractivity contribution in [3.8, 4) is 0 Å². The van der Waals surface area contributed by atoms with Crippen LogP contribution in [-0.4, -0.2) is 38.8 Å². The zero-order valence-electron chi connectivity index (χ0n) is 13.7. The van der Waals surface area contributed by atoms with E-state index in [9.17, 15) is 15.3 Å². The molecular weight excluding hydrogens is 295 g/mol. The van der Waals surface area contributed by atoms with Gasteiger partial charge in [0.25, 0.3) is 0 Å². The van der Waals surface area contributed by atoms with Crippen LogP contribution in [0.25, 0.3) is 0 Å². The fourth-order valence-corrected chi connectivity index (χ4v) is 5.79. The van der Waals surface area contributed by atoms with Gasteiger partial charge in [0.2, 0.25) is 0 Å². The Bertz CT molecular complexity index is 573. The van der Waals surface area contributed by atoms with Gasteiger partial charge in [-0.05, 0) is 62.4 Å². The minimum absolute atomic E-state index is 0.145. The molecule has 0 radical (unpaired) electrons. The van der Waals surface area contributed by atoms with Crippen molar-refractivity contribution in [2.24, 2.45) is 17.3 Å². The molecule has 4 aliphatic carbocycles. The lowest BCUT2D eigenvalue weighted by molar-refractivity contribution is -0.232. The van der Waals surface area contributed by atoms with E-state index < -0.39 is 23.5 Å². The van der Waals surface area contributed by atoms with Gasteiger partial charge in [0.05, 0.1) is 6.10 Å². The molecular formula is C19H27FO3. The second kappa shape index (κ2) is 4.90. The van der Waals surface area contributed by atoms with Gasteiger partial charge in [0.1, 0.15) is 17.4 Å². The van der Waals surface area contributed by atoms with Crippen molar-refractivity contribution in [3.05, 3.63) is 23.8 Å². The van der Waals surface area contributed by atoms with Gasteiger partial charge in [-0.3, -0.25) is 0 Å². The van der Waals surface area contributed by atoms with Gasteiger partial charge in [-0.1, -0.05) is 24.6 Å². The fraction of sp³-hybridized carbons (Fsp3) is 0.789. The van der Waals surface area contributed by atoms with E-state index in [2.05, 4.69) is 0 Å². The van der Waals surface area contributed by atoms with Crippen LogP contribution in [0.5, 0.6) is 0 Å². The fourth-order valence-electron chi connectivity index (χ4n) is 5.79. The first kappa shape index (κ1) is 15.8. The first-order valence-corrected chi connectivity index (χ1v) is 8.95. The van der Waals surface area contributed by atoms with Gasteiger partial charge in [0, 0.05) is 5.92 Å². The summed E-state index contributed by atoms with van der Waals surface area (Å²) < 4.78 is 15.1. The van der Waals surface area contributed by atoms with Crippen molar-refractivity contribution < 1.29 is 19.7 Å². The zero-order valence-corrected chi connectivity index (χ0v) is 13.7. The summed E-state index contributed by atoms with van der Waals surface area (Å²) in [5.74, 6) is 0.110. The molecule has 128 valence electrons. The van der Waals surface area contributed by atoms with Crippen LogP contribution in [0.2, 0.25) is 0 Å². The lowest BCUT2D eigenvalue weighted by Gasteiger charge is -2.56. The Morgan fingerprint density at radius 1 is 1.22 bits per heavy atom. The number of hydrogen-bond acceptors (Lipinski definition) is 3. The van der Waals surface area contributed by atoms with Crippen molar-refractivity contribution in [1.82, 2.24) is 0 Å². The molecule has 0 aromatic carbocycles. The molecule has 2 fully saturated rings. The van der Waals surface area contributed by atoms with Gasteiger partial charge < -0.3 is 15.3 Å². The molecule has 4 aliphatic rings. The van der Waals surface area contributed by atoms with E-state index in [-0.39, 0.29) is 23.7 Å². The van der Waals surface area contributed by atoms with Crippen LogP contribution >= 0.6 is 0 Å². The van der Waals surface area contributed by atoms with Crippen LogP contribution in [0.3, 0.4) is 0 Å². The number of hydrogen-bond donors (Lipinski definition) is 3. The Balaban J connectivity index is 1.80. The van der Waals surface area contributed by atoms with Crippen molar-refractivity contribution in [2.75, 3.05) is 0 Å². The Morgan fingerprint density at radius 2 is 2.00 bits per heavy atom. The van der Waals surface area contributed by atoms with E-state index in [1.807, 2.05) is 19.1 Å². The van der Waals surface area contributed by atoms with Crippen molar-refractivity contribution in [3.63, 3.8) is 0 Å². The van der Waals surface area contributed by atoms with E-state index in [0.717, 1.165) is 24.8 Å². The number of aliphatic hydroxyl groups is 3. The third kappa shape index (κ3) is 2.04. The smallest absolute Gasteiger partial charge is 0.143 e. The van der Waals surface area contributed by atoms with Crippen molar-refractivity contribution in [2.45, 2.75) is 75.3 Å². The molecule has 0 heterocycles. The standard InChI is InChI=1S/C19H27FO3/c1-17-7-2-3-15(17)18(22)8-6-12-4-5-14(21)9-13(12)10-19(18,23)16(20)11-17/h2,7,10,12,14-16,21-23H,3-6,8-9,11H2,1H3/t12?,14?,15?,16?,17?,18-,19?/m0/s1. The molecule has 3 N–H and O–H groups in total. The molecule has 0 aromatic heterocycles. The van der Waals surface area contributed by atoms with E-state index >= 15 is 4.39 Å². The van der Waals surface area contributed by atoms with E-state index in [1.165, 1.54) is 0 Å². The second-order valence-electron chi connectivity index (χ2n) is 8.51.